The summed E-state index contributed by atoms with van der Waals surface area (Å²) in [5.41, 5.74) is 0.924. The van der Waals surface area contributed by atoms with Gasteiger partial charge < -0.3 is 14.8 Å². The number of esters is 1. The Balaban J connectivity index is 1.98. The van der Waals surface area contributed by atoms with Gasteiger partial charge in [-0.1, -0.05) is 41.4 Å². The van der Waals surface area contributed by atoms with Crippen LogP contribution in [0.3, 0.4) is 0 Å². The van der Waals surface area contributed by atoms with Gasteiger partial charge in [-0.05, 0) is 36.8 Å². The van der Waals surface area contributed by atoms with Crippen molar-refractivity contribution in [3.05, 3.63) is 63.6 Å². The minimum absolute atomic E-state index is 0.153. The Kier molecular flexibility index (Phi) is 6.67. The van der Waals surface area contributed by atoms with Crippen LogP contribution in [0.25, 0.3) is 0 Å². The fraction of sp³-hybridized carbons (Fsp3) is 0.222. The molecule has 1 N–H and O–H groups in total. The summed E-state index contributed by atoms with van der Waals surface area (Å²) >= 11 is 11.9. The van der Waals surface area contributed by atoms with Gasteiger partial charge in [-0.25, -0.2) is 4.79 Å². The molecule has 25 heavy (non-hydrogen) atoms. The molecule has 0 spiro atoms. The minimum atomic E-state index is -0.987. The average molecular weight is 382 g/mol. The van der Waals surface area contributed by atoms with E-state index in [2.05, 4.69) is 5.32 Å². The molecule has 0 fully saturated rings. The monoisotopic (exact) mass is 381 g/mol. The van der Waals surface area contributed by atoms with Crippen molar-refractivity contribution in [3.8, 4) is 5.75 Å². The Hall–Kier alpha value is -2.24. The highest BCUT2D eigenvalue weighted by atomic mass is 35.5. The van der Waals surface area contributed by atoms with E-state index >= 15 is 0 Å². The highest BCUT2D eigenvalue weighted by molar-refractivity contribution is 6.31. The summed E-state index contributed by atoms with van der Waals surface area (Å²) in [4.78, 5) is 24.4. The second-order valence-electron chi connectivity index (χ2n) is 5.20. The van der Waals surface area contributed by atoms with Crippen molar-refractivity contribution in [2.24, 2.45) is 0 Å². The van der Waals surface area contributed by atoms with Crippen LogP contribution in [0, 0.1) is 0 Å². The zero-order chi connectivity index (χ0) is 18.4. The van der Waals surface area contributed by atoms with E-state index in [0.29, 0.717) is 15.8 Å². The van der Waals surface area contributed by atoms with Gasteiger partial charge in [0.1, 0.15) is 11.3 Å². The smallest absolute Gasteiger partial charge is 0.342 e. The van der Waals surface area contributed by atoms with E-state index in [1.54, 1.807) is 30.3 Å². The lowest BCUT2D eigenvalue weighted by molar-refractivity contribution is -0.129. The largest absolute Gasteiger partial charge is 0.496 e. The highest BCUT2D eigenvalue weighted by Gasteiger charge is 2.21. The molecule has 2 aromatic rings. The first kappa shape index (κ1) is 19.1. The van der Waals surface area contributed by atoms with Crippen LogP contribution in [-0.4, -0.2) is 25.1 Å². The summed E-state index contributed by atoms with van der Waals surface area (Å²) in [5, 5.41) is 3.59. The first-order valence-electron chi connectivity index (χ1n) is 7.48. The van der Waals surface area contributed by atoms with Crippen molar-refractivity contribution in [2.45, 2.75) is 19.6 Å². The third-order valence-electron chi connectivity index (χ3n) is 3.45. The van der Waals surface area contributed by atoms with Gasteiger partial charge >= 0.3 is 5.97 Å². The number of hydrogen-bond acceptors (Lipinski definition) is 4. The minimum Gasteiger partial charge on any atom is -0.496 e. The Labute approximate surface area is 155 Å². The molecule has 5 nitrogen and oxygen atoms in total. The lowest BCUT2D eigenvalue weighted by Crippen LogP contribution is -2.35. The molecular weight excluding hydrogens is 365 g/mol. The maximum absolute atomic E-state index is 12.3. The van der Waals surface area contributed by atoms with Crippen molar-refractivity contribution in [1.82, 2.24) is 5.32 Å². The Morgan fingerprint density at radius 1 is 1.16 bits per heavy atom. The number of amides is 1. The quantitative estimate of drug-likeness (QED) is 0.771. The lowest BCUT2D eigenvalue weighted by Gasteiger charge is -2.15. The number of carbonyl (C=O) groups excluding carboxylic acids is 2. The van der Waals surface area contributed by atoms with Crippen molar-refractivity contribution in [3.63, 3.8) is 0 Å². The van der Waals surface area contributed by atoms with Crippen molar-refractivity contribution in [2.75, 3.05) is 7.11 Å². The van der Waals surface area contributed by atoms with Crippen molar-refractivity contribution in [1.29, 1.82) is 0 Å². The fourth-order valence-electron chi connectivity index (χ4n) is 2.09. The van der Waals surface area contributed by atoms with Crippen LogP contribution in [0.4, 0.5) is 0 Å². The van der Waals surface area contributed by atoms with Crippen LogP contribution in [0.5, 0.6) is 5.75 Å². The van der Waals surface area contributed by atoms with Crippen LogP contribution in [-0.2, 0) is 16.1 Å². The van der Waals surface area contributed by atoms with Crippen LogP contribution in [0.2, 0.25) is 10.0 Å². The van der Waals surface area contributed by atoms with Crippen LogP contribution in [0.15, 0.2) is 42.5 Å². The normalized spacial score (nSPS) is 11.5. The molecule has 1 atom stereocenters. The molecule has 0 bridgehead atoms. The number of rotatable bonds is 6. The number of ether oxygens (including phenoxy) is 2. The summed E-state index contributed by atoms with van der Waals surface area (Å²) in [6.45, 7) is 1.72. The Morgan fingerprint density at radius 3 is 2.56 bits per heavy atom. The van der Waals surface area contributed by atoms with E-state index in [4.69, 9.17) is 32.7 Å². The molecule has 0 heterocycles. The van der Waals surface area contributed by atoms with Gasteiger partial charge in [0.05, 0.1) is 7.11 Å². The first-order chi connectivity index (χ1) is 11.9. The third kappa shape index (κ3) is 5.11. The lowest BCUT2D eigenvalue weighted by atomic mass is 10.2. The molecule has 2 rings (SSSR count). The van der Waals surface area contributed by atoms with Gasteiger partial charge in [-0.2, -0.15) is 0 Å². The predicted octanol–water partition coefficient (Wildman–Crippen LogP) is 3.86. The fourth-order valence-corrected chi connectivity index (χ4v) is 2.46. The van der Waals surface area contributed by atoms with Crippen LogP contribution in [0.1, 0.15) is 22.8 Å². The van der Waals surface area contributed by atoms with Gasteiger partial charge in [-0.3, -0.25) is 4.79 Å². The van der Waals surface area contributed by atoms with E-state index in [-0.39, 0.29) is 12.1 Å². The molecule has 0 aliphatic rings. The van der Waals surface area contributed by atoms with E-state index in [9.17, 15) is 9.59 Å². The van der Waals surface area contributed by atoms with Gasteiger partial charge in [-0.15, -0.1) is 0 Å². The number of halogens is 2. The summed E-state index contributed by atoms with van der Waals surface area (Å²) in [7, 11) is 1.43. The van der Waals surface area contributed by atoms with Gasteiger partial charge in [0.25, 0.3) is 5.91 Å². The van der Waals surface area contributed by atoms with Crippen LogP contribution < -0.4 is 10.1 Å². The van der Waals surface area contributed by atoms with E-state index in [1.165, 1.54) is 20.1 Å². The molecule has 0 saturated carbocycles. The number of nitrogens with one attached hydrogen (secondary N) is 1. The Morgan fingerprint density at radius 2 is 1.88 bits per heavy atom. The molecule has 0 aromatic heterocycles. The van der Waals surface area contributed by atoms with Gasteiger partial charge in [0.2, 0.25) is 0 Å². The molecule has 1 amide bonds. The topological polar surface area (TPSA) is 64.6 Å². The van der Waals surface area contributed by atoms with E-state index in [0.717, 1.165) is 5.56 Å². The third-order valence-corrected chi connectivity index (χ3v) is 4.05. The number of carbonyl (C=O) groups is 2. The molecule has 0 radical (unpaired) electrons. The van der Waals surface area contributed by atoms with E-state index in [1.807, 2.05) is 6.07 Å². The second kappa shape index (κ2) is 8.74. The maximum atomic E-state index is 12.3. The average Bonchev–Trinajstić information content (AvgIpc) is 2.60. The zero-order valence-electron chi connectivity index (χ0n) is 13.7. The second-order valence-corrected chi connectivity index (χ2v) is 6.04. The van der Waals surface area contributed by atoms with Crippen molar-refractivity contribution >= 4 is 35.1 Å². The molecule has 0 aliphatic heterocycles. The number of methoxy groups -OCH3 is 1. The standard InChI is InChI=1S/C18H17Cl2NO4/c1-11(17(22)21-10-12-5-3-4-6-15(12)20)25-18(23)14-9-13(19)7-8-16(14)24-2/h3-9,11H,10H2,1-2H3,(H,21,22)/t11-/m1/s1. The first-order valence-corrected chi connectivity index (χ1v) is 8.23. The number of hydrogen-bond donors (Lipinski definition) is 1. The highest BCUT2D eigenvalue weighted by Crippen LogP contribution is 2.23. The summed E-state index contributed by atoms with van der Waals surface area (Å²) < 4.78 is 10.3. The number of benzene rings is 2. The molecule has 2 aromatic carbocycles. The van der Waals surface area contributed by atoms with Gasteiger partial charge in [0, 0.05) is 16.6 Å². The zero-order valence-corrected chi connectivity index (χ0v) is 15.2. The molecule has 132 valence electrons. The summed E-state index contributed by atoms with van der Waals surface area (Å²) in [6.07, 6.45) is -0.987. The summed E-state index contributed by atoms with van der Waals surface area (Å²) in [6, 6.07) is 11.7. The molecule has 0 unspecified atom stereocenters. The summed E-state index contributed by atoms with van der Waals surface area (Å²) in [5.74, 6) is -0.813. The molecular formula is C18H17Cl2NO4. The molecule has 0 saturated heterocycles. The maximum Gasteiger partial charge on any atom is 0.342 e. The van der Waals surface area contributed by atoms with E-state index < -0.39 is 18.0 Å². The molecule has 7 heteroatoms. The molecule has 0 aliphatic carbocycles. The van der Waals surface area contributed by atoms with Crippen molar-refractivity contribution < 1.29 is 19.1 Å². The Bertz CT molecular complexity index is 779. The SMILES string of the molecule is COc1ccc(Cl)cc1C(=O)O[C@H](C)C(=O)NCc1ccccc1Cl. The predicted molar refractivity (Wildman–Crippen MR) is 96.2 cm³/mol. The van der Waals surface area contributed by atoms with Gasteiger partial charge in [0.15, 0.2) is 6.10 Å². The van der Waals surface area contributed by atoms with Crippen LogP contribution >= 0.6 is 23.2 Å².